The average Bonchev–Trinajstić information content (AvgIpc) is 2.95. The van der Waals surface area contributed by atoms with E-state index in [-0.39, 0.29) is 0 Å². The van der Waals surface area contributed by atoms with Gasteiger partial charge in [0.1, 0.15) is 6.33 Å². The molecule has 3 rings (SSSR count). The number of sulfone groups is 1. The van der Waals surface area contributed by atoms with Gasteiger partial charge in [0.15, 0.2) is 19.3 Å². The van der Waals surface area contributed by atoms with Gasteiger partial charge in [0.2, 0.25) is 0 Å². The lowest BCUT2D eigenvalue weighted by Crippen LogP contribution is -1.95. The summed E-state index contributed by atoms with van der Waals surface area (Å²) in [6.45, 7) is 0. The Morgan fingerprint density at radius 2 is 2.21 bits per heavy atom. The minimum absolute atomic E-state index is 0.305. The highest BCUT2D eigenvalue weighted by Crippen LogP contribution is 2.33. The van der Waals surface area contributed by atoms with Gasteiger partial charge in [-0.2, -0.15) is 5.10 Å². The van der Waals surface area contributed by atoms with Gasteiger partial charge in [-0.1, -0.05) is 0 Å². The molecule has 0 amide bonds. The van der Waals surface area contributed by atoms with Crippen molar-refractivity contribution in [2.45, 2.75) is 14.4 Å². The first-order valence-corrected chi connectivity index (χ1v) is 8.69. The maximum atomic E-state index is 11.5. The monoisotopic (exact) mass is 312 g/mol. The Balaban J connectivity index is 2.01. The summed E-state index contributed by atoms with van der Waals surface area (Å²) in [6.07, 6.45) is 2.62. The van der Waals surface area contributed by atoms with Crippen LogP contribution in [0.4, 0.5) is 0 Å². The minimum atomic E-state index is -3.19. The highest BCUT2D eigenvalue weighted by Gasteiger charge is 2.11. The number of aromatic nitrogens is 4. The van der Waals surface area contributed by atoms with Crippen molar-refractivity contribution in [1.29, 1.82) is 0 Å². The molecule has 6 nitrogen and oxygen atoms in total. The van der Waals surface area contributed by atoms with Gasteiger partial charge in [0, 0.05) is 6.26 Å². The lowest BCUT2D eigenvalue weighted by atomic mass is 10.3. The smallest absolute Gasteiger partial charge is 0.190 e. The van der Waals surface area contributed by atoms with Crippen LogP contribution in [0.25, 0.3) is 10.2 Å². The summed E-state index contributed by atoms with van der Waals surface area (Å²) in [5.41, 5.74) is 0.777. The molecule has 0 atom stereocenters. The van der Waals surface area contributed by atoms with Crippen LogP contribution in [0, 0.1) is 0 Å². The standard InChI is InChI=1S/C10H8N4O2S3/c1-19(15,16)6-2-3-7-8(4-6)17-10(13-7)18-9-11-5-12-14-9/h2-5H,1H3,(H,11,12,14). The Morgan fingerprint density at radius 3 is 2.89 bits per heavy atom. The average molecular weight is 312 g/mol. The fraction of sp³-hybridized carbons (Fsp3) is 0.100. The molecule has 19 heavy (non-hydrogen) atoms. The lowest BCUT2D eigenvalue weighted by Gasteiger charge is -1.96. The van der Waals surface area contributed by atoms with E-state index in [1.54, 1.807) is 18.2 Å². The fourth-order valence-electron chi connectivity index (χ4n) is 1.48. The van der Waals surface area contributed by atoms with E-state index in [2.05, 4.69) is 20.2 Å². The number of H-pyrrole nitrogens is 1. The summed E-state index contributed by atoms with van der Waals surface area (Å²) in [6, 6.07) is 4.93. The maximum absolute atomic E-state index is 11.5. The van der Waals surface area contributed by atoms with Crippen molar-refractivity contribution >= 4 is 43.2 Å². The minimum Gasteiger partial charge on any atom is -0.254 e. The second-order valence-electron chi connectivity index (χ2n) is 3.77. The quantitative estimate of drug-likeness (QED) is 0.795. The van der Waals surface area contributed by atoms with Gasteiger partial charge < -0.3 is 0 Å². The number of rotatable bonds is 3. The number of fused-ring (bicyclic) bond motifs is 1. The van der Waals surface area contributed by atoms with Crippen molar-refractivity contribution in [2.24, 2.45) is 0 Å². The van der Waals surface area contributed by atoms with Gasteiger partial charge >= 0.3 is 0 Å². The van der Waals surface area contributed by atoms with Crippen LogP contribution in [0.3, 0.4) is 0 Å². The molecule has 3 aromatic rings. The number of aromatic amines is 1. The number of hydrogen-bond donors (Lipinski definition) is 1. The molecule has 0 spiro atoms. The van der Waals surface area contributed by atoms with Crippen molar-refractivity contribution in [3.63, 3.8) is 0 Å². The van der Waals surface area contributed by atoms with Gasteiger partial charge in [-0.25, -0.2) is 18.4 Å². The first-order chi connectivity index (χ1) is 9.02. The SMILES string of the molecule is CS(=O)(=O)c1ccc2nc(Sc3ncn[nH]3)sc2c1. The fourth-order valence-corrected chi connectivity index (χ4v) is 4.12. The molecular weight excluding hydrogens is 304 g/mol. The molecule has 0 aliphatic carbocycles. The molecule has 2 heterocycles. The molecule has 1 N–H and O–H groups in total. The second kappa shape index (κ2) is 4.58. The molecule has 0 saturated heterocycles. The molecular formula is C10H8N4O2S3. The van der Waals surface area contributed by atoms with E-state index < -0.39 is 9.84 Å². The van der Waals surface area contributed by atoms with Crippen molar-refractivity contribution < 1.29 is 8.42 Å². The number of hydrogen-bond acceptors (Lipinski definition) is 7. The van der Waals surface area contributed by atoms with E-state index in [0.29, 0.717) is 10.1 Å². The third-order valence-electron chi connectivity index (χ3n) is 2.35. The Labute approximate surface area is 117 Å². The molecule has 0 saturated carbocycles. The first kappa shape index (κ1) is 12.6. The van der Waals surface area contributed by atoms with Crippen molar-refractivity contribution in [3.05, 3.63) is 24.5 Å². The molecule has 0 aliphatic heterocycles. The van der Waals surface area contributed by atoms with Gasteiger partial charge in [-0.15, -0.1) is 11.3 Å². The second-order valence-corrected chi connectivity index (χ2v) is 8.06. The zero-order chi connectivity index (χ0) is 13.5. The van der Waals surface area contributed by atoms with Crippen molar-refractivity contribution in [3.8, 4) is 0 Å². The summed E-state index contributed by atoms with van der Waals surface area (Å²) in [4.78, 5) is 8.72. The van der Waals surface area contributed by atoms with Gasteiger partial charge in [0.25, 0.3) is 0 Å². The zero-order valence-corrected chi connectivity index (χ0v) is 12.1. The van der Waals surface area contributed by atoms with Crippen LogP contribution < -0.4 is 0 Å². The largest absolute Gasteiger partial charge is 0.254 e. The van der Waals surface area contributed by atoms with E-state index in [4.69, 9.17) is 0 Å². The van der Waals surface area contributed by atoms with Crippen molar-refractivity contribution in [2.75, 3.05) is 6.26 Å². The van der Waals surface area contributed by atoms with Crippen LogP contribution in [0.2, 0.25) is 0 Å². The molecule has 98 valence electrons. The van der Waals surface area contributed by atoms with Crippen molar-refractivity contribution in [1.82, 2.24) is 20.2 Å². The Kier molecular flexibility index (Phi) is 3.03. The molecule has 1 aromatic carbocycles. The summed E-state index contributed by atoms with van der Waals surface area (Å²) < 4.78 is 24.6. The normalized spacial score (nSPS) is 12.1. The Bertz CT molecular complexity index is 824. The summed E-state index contributed by atoms with van der Waals surface area (Å²) in [7, 11) is -3.19. The lowest BCUT2D eigenvalue weighted by molar-refractivity contribution is 0.602. The predicted octanol–water partition coefficient (Wildman–Crippen LogP) is 1.97. The van der Waals surface area contributed by atoms with Crippen LogP contribution in [-0.4, -0.2) is 34.8 Å². The summed E-state index contributed by atoms with van der Waals surface area (Å²) >= 11 is 2.79. The molecule has 0 radical (unpaired) electrons. The number of thiazole rings is 1. The van der Waals surface area contributed by atoms with E-state index in [1.807, 2.05) is 0 Å². The predicted molar refractivity (Wildman–Crippen MR) is 73.2 cm³/mol. The molecule has 9 heteroatoms. The maximum Gasteiger partial charge on any atom is 0.190 e. The topological polar surface area (TPSA) is 88.6 Å². The molecule has 0 aliphatic rings. The van der Waals surface area contributed by atoms with Crippen LogP contribution in [0.1, 0.15) is 0 Å². The Morgan fingerprint density at radius 1 is 1.37 bits per heavy atom. The van der Waals surface area contributed by atoms with Gasteiger partial charge in [0.05, 0.1) is 15.1 Å². The summed E-state index contributed by atoms with van der Waals surface area (Å²) in [5.74, 6) is 0. The van der Waals surface area contributed by atoms with E-state index in [1.165, 1.54) is 35.7 Å². The highest BCUT2D eigenvalue weighted by molar-refractivity contribution is 8.01. The third-order valence-corrected chi connectivity index (χ3v) is 5.42. The zero-order valence-electron chi connectivity index (χ0n) is 9.69. The summed E-state index contributed by atoms with van der Waals surface area (Å²) in [5, 5.41) is 7.15. The molecule has 0 fully saturated rings. The third kappa shape index (κ3) is 2.62. The van der Waals surface area contributed by atoms with Crippen LogP contribution in [0.15, 0.2) is 38.9 Å². The molecule has 0 unspecified atom stereocenters. The number of nitrogens with one attached hydrogen (secondary N) is 1. The van der Waals surface area contributed by atoms with E-state index in [0.717, 1.165) is 14.6 Å². The Hall–Kier alpha value is -1.45. The number of benzene rings is 1. The molecule has 0 bridgehead atoms. The van der Waals surface area contributed by atoms with Crippen LogP contribution >= 0.6 is 23.1 Å². The van der Waals surface area contributed by atoms with Gasteiger partial charge in [-0.3, -0.25) is 5.10 Å². The van der Waals surface area contributed by atoms with E-state index >= 15 is 0 Å². The molecule has 2 aromatic heterocycles. The van der Waals surface area contributed by atoms with E-state index in [9.17, 15) is 8.42 Å². The first-order valence-electron chi connectivity index (χ1n) is 5.16. The van der Waals surface area contributed by atoms with Crippen LogP contribution in [0.5, 0.6) is 0 Å². The van der Waals surface area contributed by atoms with Gasteiger partial charge in [-0.05, 0) is 30.0 Å². The highest BCUT2D eigenvalue weighted by atomic mass is 32.2. The number of nitrogens with zero attached hydrogens (tertiary/aromatic N) is 3. The van der Waals surface area contributed by atoms with Crippen LogP contribution in [-0.2, 0) is 9.84 Å².